The molecule has 0 saturated carbocycles. The Morgan fingerprint density at radius 1 is 1.03 bits per heavy atom. The molecule has 3 aromatic rings. The zero-order chi connectivity index (χ0) is 21.0. The van der Waals surface area contributed by atoms with Crippen molar-refractivity contribution in [3.63, 3.8) is 0 Å². The highest BCUT2D eigenvalue weighted by molar-refractivity contribution is 6.08. The average Bonchev–Trinajstić information content (AvgIpc) is 3.07. The maximum Gasteiger partial charge on any atom is 0.271 e. The third-order valence-electron chi connectivity index (χ3n) is 4.23. The number of benzene rings is 2. The summed E-state index contributed by atoms with van der Waals surface area (Å²) in [7, 11) is 3.24. The van der Waals surface area contributed by atoms with Gasteiger partial charge in [0.1, 0.15) is 0 Å². The average molecular weight is 396 g/mol. The van der Waals surface area contributed by atoms with Crippen molar-refractivity contribution in [3.05, 3.63) is 59.8 Å². The second-order valence-electron chi connectivity index (χ2n) is 6.20. The Morgan fingerprint density at radius 2 is 1.76 bits per heavy atom. The first kappa shape index (κ1) is 19.7. The zero-order valence-electron chi connectivity index (χ0n) is 15.9. The molecule has 1 aromatic heterocycles. The predicted molar refractivity (Wildman–Crippen MR) is 106 cm³/mol. The quantitative estimate of drug-likeness (QED) is 0.539. The SMILES string of the molecule is COc1cc(C(=O)NNC(=O)c2cn(C)c3ccccc23)ccc1OCC(N)=O. The van der Waals surface area contributed by atoms with E-state index in [1.165, 1.54) is 25.3 Å². The number of hydrogen-bond acceptors (Lipinski definition) is 5. The van der Waals surface area contributed by atoms with E-state index < -0.39 is 17.7 Å². The number of fused-ring (bicyclic) bond motifs is 1. The van der Waals surface area contributed by atoms with Crippen LogP contribution in [0, 0.1) is 0 Å². The van der Waals surface area contributed by atoms with Crippen molar-refractivity contribution in [2.24, 2.45) is 12.8 Å². The first-order valence-corrected chi connectivity index (χ1v) is 8.64. The summed E-state index contributed by atoms with van der Waals surface area (Å²) in [5.41, 5.74) is 11.4. The lowest BCUT2D eigenvalue weighted by molar-refractivity contribution is -0.119. The topological polar surface area (TPSA) is 125 Å². The first-order chi connectivity index (χ1) is 13.9. The number of hydrogen-bond donors (Lipinski definition) is 3. The van der Waals surface area contributed by atoms with Crippen LogP contribution in [0.3, 0.4) is 0 Å². The van der Waals surface area contributed by atoms with E-state index in [2.05, 4.69) is 10.9 Å². The van der Waals surface area contributed by atoms with Crippen LogP contribution in [-0.2, 0) is 11.8 Å². The van der Waals surface area contributed by atoms with Crippen molar-refractivity contribution in [1.82, 2.24) is 15.4 Å². The van der Waals surface area contributed by atoms with E-state index in [1.807, 2.05) is 35.9 Å². The summed E-state index contributed by atoms with van der Waals surface area (Å²) in [6, 6.07) is 11.8. The number of nitrogens with one attached hydrogen (secondary N) is 2. The van der Waals surface area contributed by atoms with Crippen molar-refractivity contribution < 1.29 is 23.9 Å². The van der Waals surface area contributed by atoms with E-state index in [0.29, 0.717) is 5.56 Å². The van der Waals surface area contributed by atoms with Gasteiger partial charge in [-0.15, -0.1) is 0 Å². The van der Waals surface area contributed by atoms with Crippen LogP contribution in [0.25, 0.3) is 10.9 Å². The summed E-state index contributed by atoms with van der Waals surface area (Å²) in [5, 5.41) is 0.777. The van der Waals surface area contributed by atoms with Crippen molar-refractivity contribution in [3.8, 4) is 11.5 Å². The maximum atomic E-state index is 12.5. The fourth-order valence-corrected chi connectivity index (χ4v) is 2.85. The number of carbonyl (C=O) groups excluding carboxylic acids is 3. The molecule has 0 spiro atoms. The van der Waals surface area contributed by atoms with E-state index in [-0.39, 0.29) is 23.7 Å². The van der Waals surface area contributed by atoms with Gasteiger partial charge in [-0.2, -0.15) is 0 Å². The van der Waals surface area contributed by atoms with Gasteiger partial charge in [0.25, 0.3) is 17.7 Å². The van der Waals surface area contributed by atoms with Gasteiger partial charge < -0.3 is 19.8 Å². The molecular weight excluding hydrogens is 376 g/mol. The van der Waals surface area contributed by atoms with Crippen LogP contribution in [-0.4, -0.2) is 36.0 Å². The van der Waals surface area contributed by atoms with Crippen LogP contribution in [0.5, 0.6) is 11.5 Å². The number of carbonyl (C=O) groups is 3. The highest BCUT2D eigenvalue weighted by Gasteiger charge is 2.16. The Bertz CT molecular complexity index is 1090. The molecule has 29 heavy (non-hydrogen) atoms. The Kier molecular flexibility index (Phi) is 5.68. The second kappa shape index (κ2) is 8.34. The fourth-order valence-electron chi connectivity index (χ4n) is 2.85. The molecule has 0 fully saturated rings. The largest absolute Gasteiger partial charge is 0.493 e. The maximum absolute atomic E-state index is 12.5. The number of methoxy groups -OCH3 is 1. The minimum atomic E-state index is -0.634. The van der Waals surface area contributed by atoms with Crippen molar-refractivity contribution in [2.75, 3.05) is 13.7 Å². The van der Waals surface area contributed by atoms with Crippen molar-refractivity contribution in [2.45, 2.75) is 0 Å². The van der Waals surface area contributed by atoms with Crippen LogP contribution < -0.4 is 26.1 Å². The number of para-hydroxylation sites is 1. The number of nitrogens with zero attached hydrogens (tertiary/aromatic N) is 1. The molecule has 2 aromatic carbocycles. The summed E-state index contributed by atoms with van der Waals surface area (Å²) < 4.78 is 12.2. The van der Waals surface area contributed by atoms with Crippen LogP contribution >= 0.6 is 0 Å². The first-order valence-electron chi connectivity index (χ1n) is 8.64. The number of primary amides is 1. The molecule has 0 saturated heterocycles. The lowest BCUT2D eigenvalue weighted by Crippen LogP contribution is -2.41. The predicted octanol–water partition coefficient (Wildman–Crippen LogP) is 1.13. The number of amides is 3. The van der Waals surface area contributed by atoms with E-state index in [0.717, 1.165) is 10.9 Å². The molecule has 1 heterocycles. The Labute approximate surface area is 166 Å². The van der Waals surface area contributed by atoms with E-state index in [1.54, 1.807) is 6.20 Å². The molecule has 9 nitrogen and oxygen atoms in total. The molecule has 0 bridgehead atoms. The molecule has 0 aliphatic heterocycles. The van der Waals surface area contributed by atoms with Gasteiger partial charge >= 0.3 is 0 Å². The highest BCUT2D eigenvalue weighted by atomic mass is 16.5. The lowest BCUT2D eigenvalue weighted by Gasteiger charge is -2.12. The van der Waals surface area contributed by atoms with Gasteiger partial charge in [-0.25, -0.2) is 0 Å². The minimum Gasteiger partial charge on any atom is -0.493 e. The van der Waals surface area contributed by atoms with E-state index >= 15 is 0 Å². The molecule has 3 amide bonds. The zero-order valence-corrected chi connectivity index (χ0v) is 15.9. The molecule has 4 N–H and O–H groups in total. The monoisotopic (exact) mass is 396 g/mol. The van der Waals surface area contributed by atoms with Gasteiger partial charge in [-0.05, 0) is 24.3 Å². The number of ether oxygens (including phenoxy) is 2. The molecule has 3 rings (SSSR count). The number of aryl methyl sites for hydroxylation is 1. The van der Waals surface area contributed by atoms with Gasteiger partial charge in [-0.1, -0.05) is 18.2 Å². The lowest BCUT2D eigenvalue weighted by atomic mass is 10.1. The van der Waals surface area contributed by atoms with Crippen molar-refractivity contribution >= 4 is 28.6 Å². The van der Waals surface area contributed by atoms with Gasteiger partial charge in [0, 0.05) is 29.7 Å². The third kappa shape index (κ3) is 4.29. The van der Waals surface area contributed by atoms with Gasteiger partial charge in [0.15, 0.2) is 18.1 Å². The minimum absolute atomic E-state index is 0.228. The molecule has 0 radical (unpaired) electrons. The summed E-state index contributed by atoms with van der Waals surface area (Å²) in [4.78, 5) is 35.7. The number of rotatable bonds is 6. The third-order valence-corrected chi connectivity index (χ3v) is 4.23. The molecule has 0 aliphatic carbocycles. The summed E-state index contributed by atoms with van der Waals surface area (Å²) >= 11 is 0. The molecule has 0 aliphatic rings. The summed E-state index contributed by atoms with van der Waals surface area (Å²) in [5.74, 6) is -1.10. The standard InChI is InChI=1S/C20H20N4O5/c1-24-10-14(13-5-3-4-6-15(13)24)20(27)23-22-19(26)12-7-8-16(17(9-12)28-2)29-11-18(21)25/h3-10H,11H2,1-2H3,(H2,21,25)(H,22,26)(H,23,27). The fraction of sp³-hybridized carbons (Fsp3) is 0.150. The van der Waals surface area contributed by atoms with Crippen LogP contribution in [0.1, 0.15) is 20.7 Å². The Balaban J connectivity index is 1.70. The molecular formula is C20H20N4O5. The Hall–Kier alpha value is -4.01. The number of hydrazine groups is 1. The van der Waals surface area contributed by atoms with Gasteiger partial charge in [-0.3, -0.25) is 25.2 Å². The number of nitrogens with two attached hydrogens (primary N) is 1. The van der Waals surface area contributed by atoms with Crippen LogP contribution in [0.4, 0.5) is 0 Å². The normalized spacial score (nSPS) is 10.4. The second-order valence-corrected chi connectivity index (χ2v) is 6.20. The smallest absolute Gasteiger partial charge is 0.271 e. The molecule has 0 atom stereocenters. The summed E-state index contributed by atoms with van der Waals surface area (Å²) in [6.45, 7) is -0.316. The molecule has 0 unspecified atom stereocenters. The summed E-state index contributed by atoms with van der Waals surface area (Å²) in [6.07, 6.45) is 1.69. The van der Waals surface area contributed by atoms with Gasteiger partial charge in [0.2, 0.25) is 0 Å². The van der Waals surface area contributed by atoms with E-state index in [9.17, 15) is 14.4 Å². The highest BCUT2D eigenvalue weighted by Crippen LogP contribution is 2.28. The van der Waals surface area contributed by atoms with E-state index in [4.69, 9.17) is 15.2 Å². The number of aromatic nitrogens is 1. The van der Waals surface area contributed by atoms with Crippen molar-refractivity contribution in [1.29, 1.82) is 0 Å². The van der Waals surface area contributed by atoms with Crippen LogP contribution in [0.2, 0.25) is 0 Å². The molecule has 9 heteroatoms. The Morgan fingerprint density at radius 3 is 2.48 bits per heavy atom. The van der Waals surface area contributed by atoms with Crippen LogP contribution in [0.15, 0.2) is 48.7 Å². The molecule has 150 valence electrons. The van der Waals surface area contributed by atoms with Gasteiger partial charge in [0.05, 0.1) is 12.7 Å².